The molecule has 0 aliphatic carbocycles. The second-order valence-corrected chi connectivity index (χ2v) is 4.69. The lowest BCUT2D eigenvalue weighted by atomic mass is 10.2. The Hall–Kier alpha value is -1.73. The third-order valence-electron chi connectivity index (χ3n) is 2.62. The van der Waals surface area contributed by atoms with Crippen molar-refractivity contribution in [3.63, 3.8) is 0 Å². The summed E-state index contributed by atoms with van der Waals surface area (Å²) >= 11 is 11.7. The minimum Gasteiger partial charge on any atom is -0.258 e. The van der Waals surface area contributed by atoms with Crippen molar-refractivity contribution in [2.24, 2.45) is 0 Å². The Morgan fingerprint density at radius 1 is 1.40 bits per heavy atom. The van der Waals surface area contributed by atoms with Gasteiger partial charge in [0.1, 0.15) is 0 Å². The van der Waals surface area contributed by atoms with Crippen LogP contribution in [0.3, 0.4) is 0 Å². The van der Waals surface area contributed by atoms with E-state index in [9.17, 15) is 18.9 Å². The molecule has 5 nitrogen and oxygen atoms in total. The maximum Gasteiger partial charge on any atom is 0.335 e. The molecule has 2 rings (SSSR count). The lowest BCUT2D eigenvalue weighted by Gasteiger charge is -2.04. The Balaban J connectivity index is 2.66. The summed E-state index contributed by atoms with van der Waals surface area (Å²) in [6.45, 7) is 1.75. The molecule has 1 heterocycles. The SMILES string of the molecule is Cc1ccc(-n2nc(C(F)F)c([N+](=O)[O-])c2Cl)cc1Cl. The summed E-state index contributed by atoms with van der Waals surface area (Å²) in [5.74, 6) is 0. The fourth-order valence-electron chi connectivity index (χ4n) is 1.61. The summed E-state index contributed by atoms with van der Waals surface area (Å²) in [6, 6.07) is 4.59. The zero-order chi connectivity index (χ0) is 15.0. The highest BCUT2D eigenvalue weighted by Crippen LogP contribution is 2.36. The number of nitro groups is 1. The first-order chi connectivity index (χ1) is 9.32. The Kier molecular flexibility index (Phi) is 3.92. The van der Waals surface area contributed by atoms with Crippen LogP contribution < -0.4 is 0 Å². The quantitative estimate of drug-likeness (QED) is 0.624. The molecule has 9 heteroatoms. The summed E-state index contributed by atoms with van der Waals surface area (Å²) in [7, 11) is 0. The number of nitrogens with zero attached hydrogens (tertiary/aromatic N) is 3. The number of hydrogen-bond donors (Lipinski definition) is 0. The number of benzene rings is 1. The third kappa shape index (κ3) is 2.46. The van der Waals surface area contributed by atoms with E-state index in [1.165, 1.54) is 12.1 Å². The molecule has 20 heavy (non-hydrogen) atoms. The molecule has 106 valence electrons. The monoisotopic (exact) mass is 321 g/mol. The molecular formula is C11H7Cl2F2N3O2. The van der Waals surface area contributed by atoms with Crippen molar-refractivity contribution in [3.05, 3.63) is 49.7 Å². The molecule has 0 atom stereocenters. The molecular weight excluding hydrogens is 315 g/mol. The first-order valence-electron chi connectivity index (χ1n) is 5.30. The Morgan fingerprint density at radius 3 is 2.50 bits per heavy atom. The van der Waals surface area contributed by atoms with Crippen LogP contribution in [0.5, 0.6) is 0 Å². The van der Waals surface area contributed by atoms with Crippen LogP contribution in [0.2, 0.25) is 10.2 Å². The minimum atomic E-state index is -3.10. The number of hydrogen-bond acceptors (Lipinski definition) is 3. The highest BCUT2D eigenvalue weighted by molar-refractivity contribution is 6.32. The highest BCUT2D eigenvalue weighted by Gasteiger charge is 2.32. The molecule has 0 bridgehead atoms. The van der Waals surface area contributed by atoms with E-state index in [1.807, 2.05) is 0 Å². The Morgan fingerprint density at radius 2 is 2.05 bits per heavy atom. The van der Waals surface area contributed by atoms with Crippen LogP contribution in [-0.4, -0.2) is 14.7 Å². The predicted molar refractivity (Wildman–Crippen MR) is 69.9 cm³/mol. The molecule has 0 aliphatic rings. The highest BCUT2D eigenvalue weighted by atomic mass is 35.5. The fourth-order valence-corrected chi connectivity index (χ4v) is 2.08. The largest absolute Gasteiger partial charge is 0.335 e. The van der Waals surface area contributed by atoms with Crippen molar-refractivity contribution in [1.29, 1.82) is 0 Å². The summed E-state index contributed by atoms with van der Waals surface area (Å²) in [5, 5.41) is 14.2. The molecule has 0 saturated heterocycles. The number of alkyl halides is 2. The fraction of sp³-hybridized carbons (Fsp3) is 0.182. The molecule has 0 unspecified atom stereocenters. The van der Waals surface area contributed by atoms with Gasteiger partial charge in [-0.15, -0.1) is 0 Å². The van der Waals surface area contributed by atoms with Gasteiger partial charge in [-0.3, -0.25) is 10.1 Å². The number of rotatable bonds is 3. The molecule has 0 aliphatic heterocycles. The van der Waals surface area contributed by atoms with Crippen LogP contribution in [0.4, 0.5) is 14.5 Å². The van der Waals surface area contributed by atoms with Gasteiger partial charge in [0.05, 0.1) is 10.6 Å². The van der Waals surface area contributed by atoms with Crippen molar-refractivity contribution in [2.45, 2.75) is 13.3 Å². The van der Waals surface area contributed by atoms with Crippen molar-refractivity contribution in [1.82, 2.24) is 9.78 Å². The molecule has 0 fully saturated rings. The van der Waals surface area contributed by atoms with Crippen LogP contribution in [-0.2, 0) is 0 Å². The van der Waals surface area contributed by atoms with Crippen LogP contribution in [0.1, 0.15) is 17.7 Å². The average Bonchev–Trinajstić information content (AvgIpc) is 2.71. The molecule has 0 spiro atoms. The summed E-state index contributed by atoms with van der Waals surface area (Å²) in [6.07, 6.45) is -3.10. The van der Waals surface area contributed by atoms with Gasteiger partial charge in [0.15, 0.2) is 0 Å². The zero-order valence-electron chi connectivity index (χ0n) is 9.98. The average molecular weight is 322 g/mol. The maximum atomic E-state index is 12.8. The van der Waals surface area contributed by atoms with Gasteiger partial charge in [-0.05, 0) is 24.6 Å². The van der Waals surface area contributed by atoms with Gasteiger partial charge in [-0.2, -0.15) is 5.10 Å². The van der Waals surface area contributed by atoms with Crippen LogP contribution in [0, 0.1) is 17.0 Å². The van der Waals surface area contributed by atoms with Gasteiger partial charge in [0.2, 0.25) is 10.8 Å². The minimum absolute atomic E-state index is 0.264. The number of aromatic nitrogens is 2. The van der Waals surface area contributed by atoms with E-state index in [0.717, 1.165) is 10.2 Å². The second-order valence-electron chi connectivity index (χ2n) is 3.93. The van der Waals surface area contributed by atoms with E-state index >= 15 is 0 Å². The standard InChI is InChI=1S/C11H7Cl2F2N3O2/c1-5-2-3-6(4-7(5)12)17-10(13)9(18(19)20)8(16-17)11(14)15/h2-4,11H,1H3. The first kappa shape index (κ1) is 14.7. The van der Waals surface area contributed by atoms with Gasteiger partial charge in [-0.1, -0.05) is 29.3 Å². The van der Waals surface area contributed by atoms with Crippen molar-refractivity contribution in [3.8, 4) is 5.69 Å². The molecule has 2 aromatic rings. The van der Waals surface area contributed by atoms with Crippen LogP contribution in [0.25, 0.3) is 5.69 Å². The van der Waals surface area contributed by atoms with E-state index in [4.69, 9.17) is 23.2 Å². The molecule has 0 N–H and O–H groups in total. The lowest BCUT2D eigenvalue weighted by Crippen LogP contribution is -1.98. The maximum absolute atomic E-state index is 12.8. The van der Waals surface area contributed by atoms with Gasteiger partial charge in [-0.25, -0.2) is 13.5 Å². The smallest absolute Gasteiger partial charge is 0.258 e. The topological polar surface area (TPSA) is 61.0 Å². The third-order valence-corrected chi connectivity index (χ3v) is 3.37. The van der Waals surface area contributed by atoms with E-state index < -0.39 is 27.9 Å². The molecule has 1 aromatic heterocycles. The molecule has 0 radical (unpaired) electrons. The van der Waals surface area contributed by atoms with Gasteiger partial charge in [0.25, 0.3) is 6.43 Å². The summed E-state index contributed by atoms with van der Waals surface area (Å²) in [5.41, 5.74) is -0.849. The number of aryl methyl sites for hydroxylation is 1. The van der Waals surface area contributed by atoms with Gasteiger partial charge in [0, 0.05) is 5.02 Å². The second kappa shape index (κ2) is 5.34. The van der Waals surface area contributed by atoms with E-state index in [2.05, 4.69) is 5.10 Å². The summed E-state index contributed by atoms with van der Waals surface area (Å²) < 4.78 is 26.4. The number of halogens is 4. The molecule has 1 aromatic carbocycles. The summed E-state index contributed by atoms with van der Waals surface area (Å²) in [4.78, 5) is 9.84. The first-order valence-corrected chi connectivity index (χ1v) is 6.06. The van der Waals surface area contributed by atoms with E-state index in [1.54, 1.807) is 13.0 Å². The van der Waals surface area contributed by atoms with Gasteiger partial charge < -0.3 is 0 Å². The van der Waals surface area contributed by atoms with Crippen molar-refractivity contribution in [2.75, 3.05) is 0 Å². The normalized spacial score (nSPS) is 11.1. The Labute approximate surface area is 121 Å². The van der Waals surface area contributed by atoms with Crippen molar-refractivity contribution < 1.29 is 13.7 Å². The van der Waals surface area contributed by atoms with Crippen molar-refractivity contribution >= 4 is 28.9 Å². The molecule has 0 saturated carbocycles. The van der Waals surface area contributed by atoms with Gasteiger partial charge >= 0.3 is 5.69 Å². The van der Waals surface area contributed by atoms with Crippen LogP contribution in [0.15, 0.2) is 18.2 Å². The lowest BCUT2D eigenvalue weighted by molar-refractivity contribution is -0.386. The predicted octanol–water partition coefficient (Wildman–Crippen LogP) is 4.33. The molecule has 0 amide bonds. The van der Waals surface area contributed by atoms with Crippen LogP contribution >= 0.6 is 23.2 Å². The Bertz CT molecular complexity index is 689. The van der Waals surface area contributed by atoms with E-state index in [-0.39, 0.29) is 5.69 Å². The zero-order valence-corrected chi connectivity index (χ0v) is 11.5. The van der Waals surface area contributed by atoms with E-state index in [0.29, 0.717) is 5.02 Å².